The van der Waals surface area contributed by atoms with E-state index >= 15 is 0 Å². The van der Waals surface area contributed by atoms with E-state index in [0.717, 1.165) is 0 Å². The lowest BCUT2D eigenvalue weighted by molar-refractivity contribution is -0.124. The fourth-order valence-electron chi connectivity index (χ4n) is 2.52. The number of nitrogens with one attached hydrogen (secondary N) is 2. The average Bonchev–Trinajstić information content (AvgIpc) is 3.04. The third-order valence-electron chi connectivity index (χ3n) is 3.65. The van der Waals surface area contributed by atoms with Gasteiger partial charge in [0.2, 0.25) is 12.3 Å². The van der Waals surface area contributed by atoms with Crippen LogP contribution >= 0.6 is 0 Å². The molecule has 2 heterocycles. The molecule has 0 bridgehead atoms. The molecule has 1 atom stereocenters. The topological polar surface area (TPSA) is 118 Å². The van der Waals surface area contributed by atoms with Crippen molar-refractivity contribution in [2.75, 3.05) is 11.9 Å². The van der Waals surface area contributed by atoms with Gasteiger partial charge in [0, 0.05) is 12.7 Å². The number of rotatable bonds is 4. The number of aromatic nitrogens is 1. The summed E-state index contributed by atoms with van der Waals surface area (Å²) in [7, 11) is 0. The molecule has 2 N–H and O–H groups in total. The maximum Gasteiger partial charge on any atom is 0.410 e. The summed E-state index contributed by atoms with van der Waals surface area (Å²) in [6.07, 6.45) is 2.25. The van der Waals surface area contributed by atoms with Crippen LogP contribution in [0.2, 0.25) is 0 Å². The molecular weight excluding hydrogens is 340 g/mol. The summed E-state index contributed by atoms with van der Waals surface area (Å²) >= 11 is 0. The predicted molar refractivity (Wildman–Crippen MR) is 92.4 cm³/mol. The zero-order valence-corrected chi connectivity index (χ0v) is 14.9. The molecule has 0 spiro atoms. The van der Waals surface area contributed by atoms with Gasteiger partial charge >= 0.3 is 6.09 Å². The molecule has 0 aliphatic carbocycles. The van der Waals surface area contributed by atoms with Crippen molar-refractivity contribution in [3.8, 4) is 0 Å². The fourth-order valence-corrected chi connectivity index (χ4v) is 2.52. The number of hydrogen-bond donors (Lipinski definition) is 2. The van der Waals surface area contributed by atoms with Crippen LogP contribution in [0.4, 0.5) is 10.6 Å². The predicted octanol–water partition coefficient (Wildman–Crippen LogP) is 1.31. The van der Waals surface area contributed by atoms with Crippen molar-refractivity contribution in [2.24, 2.45) is 0 Å². The molecule has 1 aliphatic rings. The highest BCUT2D eigenvalue weighted by atomic mass is 16.6. The lowest BCUT2D eigenvalue weighted by atomic mass is 10.2. The Morgan fingerprint density at radius 2 is 2.04 bits per heavy atom. The number of carbonyl (C=O) groups excluding carboxylic acids is 4. The molecule has 1 aromatic heterocycles. The lowest BCUT2D eigenvalue weighted by Gasteiger charge is -2.27. The number of anilines is 1. The van der Waals surface area contributed by atoms with Gasteiger partial charge in [0.15, 0.2) is 0 Å². The number of imide groups is 1. The highest BCUT2D eigenvalue weighted by Crippen LogP contribution is 2.21. The summed E-state index contributed by atoms with van der Waals surface area (Å²) in [4.78, 5) is 52.4. The number of pyridine rings is 1. The van der Waals surface area contributed by atoms with E-state index < -0.39 is 29.6 Å². The first-order valence-corrected chi connectivity index (χ1v) is 8.22. The number of hydrogen-bond acceptors (Lipinski definition) is 6. The Morgan fingerprint density at radius 3 is 2.62 bits per heavy atom. The summed E-state index contributed by atoms with van der Waals surface area (Å²) in [6, 6.07) is 2.12. The van der Waals surface area contributed by atoms with Gasteiger partial charge in [-0.3, -0.25) is 24.6 Å². The Morgan fingerprint density at radius 1 is 1.31 bits per heavy atom. The molecule has 1 aromatic rings. The number of carbonyl (C=O) groups is 4. The standard InChI is InChI=1S/C17H22N4O5/c1-17(2,3)26-16(25)21-8-4-5-12(21)15(24)20-14(23)11-6-7-13(18-9-11)19-10-22/h6-7,9-10,12H,4-5,8H2,1-3H3,(H,18,19,22)(H,20,23,24)/t12-/m0/s1. The molecule has 9 nitrogen and oxygen atoms in total. The molecule has 1 aliphatic heterocycles. The summed E-state index contributed by atoms with van der Waals surface area (Å²) in [5.74, 6) is -0.903. The zero-order valence-electron chi connectivity index (χ0n) is 14.9. The summed E-state index contributed by atoms with van der Waals surface area (Å²) in [5, 5.41) is 4.63. The van der Waals surface area contributed by atoms with E-state index in [4.69, 9.17) is 4.74 Å². The largest absolute Gasteiger partial charge is 0.444 e. The van der Waals surface area contributed by atoms with Crippen molar-refractivity contribution in [2.45, 2.75) is 45.3 Å². The minimum absolute atomic E-state index is 0.164. The number of ether oxygens (including phenoxy) is 1. The van der Waals surface area contributed by atoms with Gasteiger partial charge in [0.1, 0.15) is 17.5 Å². The van der Waals surface area contributed by atoms with E-state index in [1.54, 1.807) is 20.8 Å². The third kappa shape index (κ3) is 5.01. The van der Waals surface area contributed by atoms with Gasteiger partial charge in [-0.1, -0.05) is 0 Å². The monoisotopic (exact) mass is 362 g/mol. The SMILES string of the molecule is CC(C)(C)OC(=O)N1CCC[C@H]1C(=O)NC(=O)c1ccc(NC=O)nc1. The second-order valence-corrected chi connectivity index (χ2v) is 6.84. The normalized spacial score (nSPS) is 16.7. The Kier molecular flexibility index (Phi) is 5.91. The van der Waals surface area contributed by atoms with Gasteiger partial charge in [0.05, 0.1) is 5.56 Å². The van der Waals surface area contributed by atoms with E-state index in [0.29, 0.717) is 25.8 Å². The average molecular weight is 362 g/mol. The molecule has 4 amide bonds. The number of amides is 4. The summed E-state index contributed by atoms with van der Waals surface area (Å²) in [5.41, 5.74) is -0.504. The number of nitrogens with zero attached hydrogens (tertiary/aromatic N) is 2. The molecule has 140 valence electrons. The molecule has 0 unspecified atom stereocenters. The smallest absolute Gasteiger partial charge is 0.410 e. The van der Waals surface area contributed by atoms with Crippen LogP contribution in [0.1, 0.15) is 44.0 Å². The minimum Gasteiger partial charge on any atom is -0.444 e. The Labute approximate surface area is 151 Å². The van der Waals surface area contributed by atoms with E-state index in [1.165, 1.54) is 23.2 Å². The number of likely N-dealkylation sites (tertiary alicyclic amines) is 1. The van der Waals surface area contributed by atoms with E-state index in [1.807, 2.05) is 0 Å². The van der Waals surface area contributed by atoms with Crippen LogP contribution in [0.15, 0.2) is 18.3 Å². The van der Waals surface area contributed by atoms with Gasteiger partial charge in [-0.25, -0.2) is 9.78 Å². The van der Waals surface area contributed by atoms with Crippen molar-refractivity contribution in [3.05, 3.63) is 23.9 Å². The van der Waals surface area contributed by atoms with Crippen molar-refractivity contribution >= 4 is 30.1 Å². The molecule has 0 aromatic carbocycles. The Hall–Kier alpha value is -2.97. The van der Waals surface area contributed by atoms with Gasteiger partial charge < -0.3 is 10.1 Å². The quantitative estimate of drug-likeness (QED) is 0.616. The van der Waals surface area contributed by atoms with E-state index in [-0.39, 0.29) is 11.4 Å². The van der Waals surface area contributed by atoms with Crippen LogP contribution in [-0.2, 0) is 14.3 Å². The van der Waals surface area contributed by atoms with Crippen molar-refractivity contribution in [1.82, 2.24) is 15.2 Å². The van der Waals surface area contributed by atoms with E-state index in [2.05, 4.69) is 15.6 Å². The molecule has 1 saturated heterocycles. The zero-order chi connectivity index (χ0) is 19.3. The summed E-state index contributed by atoms with van der Waals surface area (Å²) in [6.45, 7) is 5.63. The second kappa shape index (κ2) is 7.94. The molecule has 0 radical (unpaired) electrons. The lowest BCUT2D eigenvalue weighted by Crippen LogP contribution is -2.48. The first-order valence-electron chi connectivity index (χ1n) is 8.22. The van der Waals surface area contributed by atoms with Gasteiger partial charge in [-0.2, -0.15) is 0 Å². The van der Waals surface area contributed by atoms with Crippen LogP contribution in [0, 0.1) is 0 Å². The van der Waals surface area contributed by atoms with E-state index in [9.17, 15) is 19.2 Å². The highest BCUT2D eigenvalue weighted by molar-refractivity contribution is 6.06. The molecule has 9 heteroatoms. The van der Waals surface area contributed by atoms with Crippen LogP contribution < -0.4 is 10.6 Å². The van der Waals surface area contributed by atoms with Crippen molar-refractivity contribution < 1.29 is 23.9 Å². The molecule has 26 heavy (non-hydrogen) atoms. The molecule has 0 saturated carbocycles. The highest BCUT2D eigenvalue weighted by Gasteiger charge is 2.37. The maximum absolute atomic E-state index is 12.4. The van der Waals surface area contributed by atoms with Crippen molar-refractivity contribution in [3.63, 3.8) is 0 Å². The first kappa shape index (κ1) is 19.4. The van der Waals surface area contributed by atoms with Crippen molar-refractivity contribution in [1.29, 1.82) is 0 Å². The Balaban J connectivity index is 2.00. The summed E-state index contributed by atoms with van der Waals surface area (Å²) < 4.78 is 5.30. The van der Waals surface area contributed by atoms with Crippen LogP contribution in [0.25, 0.3) is 0 Å². The minimum atomic E-state index is -0.752. The first-order chi connectivity index (χ1) is 12.2. The van der Waals surface area contributed by atoms with Gasteiger partial charge in [-0.05, 0) is 45.7 Å². The molecule has 2 rings (SSSR count). The van der Waals surface area contributed by atoms with Crippen LogP contribution in [0.3, 0.4) is 0 Å². The van der Waals surface area contributed by atoms with Crippen LogP contribution in [0.5, 0.6) is 0 Å². The van der Waals surface area contributed by atoms with Crippen LogP contribution in [-0.4, -0.2) is 52.4 Å². The molecular formula is C17H22N4O5. The van der Waals surface area contributed by atoms with Gasteiger partial charge in [-0.15, -0.1) is 0 Å². The fraction of sp³-hybridized carbons (Fsp3) is 0.471. The maximum atomic E-state index is 12.4. The molecule has 1 fully saturated rings. The Bertz CT molecular complexity index is 696. The third-order valence-corrected chi connectivity index (χ3v) is 3.65. The second-order valence-electron chi connectivity index (χ2n) is 6.84. The van der Waals surface area contributed by atoms with Gasteiger partial charge in [0.25, 0.3) is 5.91 Å².